The Hall–Kier alpha value is -3.55. The van der Waals surface area contributed by atoms with Crippen LogP contribution in [-0.2, 0) is 10.0 Å². The number of carbonyl (C=O) groups excluding carboxylic acids is 1. The lowest BCUT2D eigenvalue weighted by molar-refractivity contribution is 0.0921. The van der Waals surface area contributed by atoms with Gasteiger partial charge in [-0.25, -0.2) is 27.1 Å². The van der Waals surface area contributed by atoms with Gasteiger partial charge >= 0.3 is 0 Å². The van der Waals surface area contributed by atoms with Crippen molar-refractivity contribution in [3.05, 3.63) is 66.1 Å². The molecule has 1 aliphatic rings. The molecule has 1 amide bonds. The molecule has 0 spiro atoms. The summed E-state index contributed by atoms with van der Waals surface area (Å²) < 4.78 is 53.1. The molecule has 1 aliphatic carbocycles. The second kappa shape index (κ2) is 11.1. The van der Waals surface area contributed by atoms with E-state index in [2.05, 4.69) is 30.0 Å². The number of nitrogens with one attached hydrogen (secondary N) is 2. The molecule has 10 nitrogen and oxygen atoms in total. The molecule has 0 bridgehead atoms. The first kappa shape index (κ1) is 26.1. The maximum absolute atomic E-state index is 14.0. The van der Waals surface area contributed by atoms with Crippen LogP contribution in [0.25, 0.3) is 11.0 Å². The van der Waals surface area contributed by atoms with E-state index in [0.717, 1.165) is 17.2 Å². The molecule has 0 aliphatic heterocycles. The number of sulfonamides is 1. The fourth-order valence-corrected chi connectivity index (χ4v) is 6.25. The summed E-state index contributed by atoms with van der Waals surface area (Å²) in [6.07, 6.45) is 5.00. The van der Waals surface area contributed by atoms with Gasteiger partial charge in [0.05, 0.1) is 6.20 Å². The van der Waals surface area contributed by atoms with E-state index in [1.165, 1.54) is 6.07 Å². The second-order valence-electron chi connectivity index (χ2n) is 8.82. The van der Waals surface area contributed by atoms with Crippen molar-refractivity contribution in [3.63, 3.8) is 0 Å². The van der Waals surface area contributed by atoms with E-state index in [-0.39, 0.29) is 33.9 Å². The smallest absolute Gasteiger partial charge is 0.257 e. The molecule has 2 aromatic carbocycles. The molecule has 2 aromatic heterocycles. The number of hydrogen-bond donors (Lipinski definition) is 2. The van der Waals surface area contributed by atoms with Crippen LogP contribution < -0.4 is 14.8 Å². The average molecular weight is 558 g/mol. The summed E-state index contributed by atoms with van der Waals surface area (Å²) in [5, 5.41) is 10.3. The van der Waals surface area contributed by atoms with Crippen LogP contribution in [-0.4, -0.2) is 48.0 Å². The van der Waals surface area contributed by atoms with Gasteiger partial charge in [0.2, 0.25) is 15.9 Å². The lowest BCUT2D eigenvalue weighted by atomic mass is 9.91. The van der Waals surface area contributed by atoms with Crippen molar-refractivity contribution in [1.29, 1.82) is 0 Å². The number of fused-ring (bicyclic) bond motifs is 1. The number of hydrogen-bond acceptors (Lipinski definition) is 9. The Morgan fingerprint density at radius 1 is 1.08 bits per heavy atom. The zero-order valence-corrected chi connectivity index (χ0v) is 21.9. The fraction of sp³-hybridized carbons (Fsp3) is 0.280. The minimum Gasteiger partial charge on any atom is -0.438 e. The summed E-state index contributed by atoms with van der Waals surface area (Å²) in [5.74, 6) is -0.687. The van der Waals surface area contributed by atoms with Crippen molar-refractivity contribution in [3.8, 4) is 11.6 Å². The highest BCUT2D eigenvalue weighted by molar-refractivity contribution is 7.98. The number of amides is 1. The highest BCUT2D eigenvalue weighted by Gasteiger charge is 2.29. The molecule has 2 N–H and O–H groups in total. The molecule has 5 rings (SSSR count). The molecule has 2 heterocycles. The van der Waals surface area contributed by atoms with Gasteiger partial charge in [0, 0.05) is 17.0 Å². The van der Waals surface area contributed by atoms with Crippen LogP contribution in [0.1, 0.15) is 36.0 Å². The standard InChI is InChI=1S/C25H24FN5O5S2/c1-37-19-5-2-4-18(13-19)35-25-20(12-15(26)14-27-25)24(32)28-16-8-10-17(11-9-16)31-38(33,34)22-7-3-6-21-23(22)30-36-29-21/h2-7,12-14,16-17,31H,8-11H2,1H3,(H,28,32)/t16-,17+. The van der Waals surface area contributed by atoms with Gasteiger partial charge in [0.25, 0.3) is 5.91 Å². The largest absolute Gasteiger partial charge is 0.438 e. The quantitative estimate of drug-likeness (QED) is 0.304. The Labute approximate surface area is 222 Å². The molecule has 0 atom stereocenters. The molecule has 1 saturated carbocycles. The van der Waals surface area contributed by atoms with Crippen molar-refractivity contribution >= 4 is 38.7 Å². The molecule has 1 fully saturated rings. The van der Waals surface area contributed by atoms with Crippen LogP contribution in [0.5, 0.6) is 11.6 Å². The third-order valence-corrected chi connectivity index (χ3v) is 8.52. The zero-order chi connectivity index (χ0) is 26.7. The average Bonchev–Trinajstić information content (AvgIpc) is 3.40. The molecule has 13 heteroatoms. The Morgan fingerprint density at radius 2 is 1.84 bits per heavy atom. The fourth-order valence-electron chi connectivity index (χ4n) is 4.35. The van der Waals surface area contributed by atoms with Gasteiger partial charge in [0.15, 0.2) is 5.52 Å². The van der Waals surface area contributed by atoms with Crippen LogP contribution in [0, 0.1) is 5.82 Å². The van der Waals surface area contributed by atoms with Crippen LogP contribution in [0.15, 0.2) is 69.1 Å². The first-order valence-corrected chi connectivity index (χ1v) is 14.5. The Morgan fingerprint density at radius 3 is 2.63 bits per heavy atom. The Balaban J connectivity index is 1.22. The Kier molecular flexibility index (Phi) is 7.58. The summed E-state index contributed by atoms with van der Waals surface area (Å²) in [6, 6.07) is 12.5. The number of pyridine rings is 1. The normalized spacial score (nSPS) is 17.8. The number of rotatable bonds is 8. The minimum atomic E-state index is -3.85. The number of ether oxygens (including phenoxy) is 1. The zero-order valence-electron chi connectivity index (χ0n) is 20.3. The molecule has 38 heavy (non-hydrogen) atoms. The highest BCUT2D eigenvalue weighted by atomic mass is 32.2. The van der Waals surface area contributed by atoms with Gasteiger partial charge in [0.1, 0.15) is 27.5 Å². The topological polar surface area (TPSA) is 136 Å². The lowest BCUT2D eigenvalue weighted by Gasteiger charge is -2.29. The van der Waals surface area contributed by atoms with E-state index in [4.69, 9.17) is 4.74 Å². The first-order valence-electron chi connectivity index (χ1n) is 11.8. The van der Waals surface area contributed by atoms with Crippen LogP contribution in [0.3, 0.4) is 0 Å². The van der Waals surface area contributed by atoms with E-state index in [0.29, 0.717) is 36.9 Å². The SMILES string of the molecule is CSc1cccc(Oc2ncc(F)cc2C(=O)N[C@H]2CC[C@@H](NS(=O)(=O)c3cccc4nonc34)CC2)c1. The second-order valence-corrected chi connectivity index (χ2v) is 11.4. The third-order valence-electron chi connectivity index (χ3n) is 6.24. The number of benzene rings is 2. The van der Waals surface area contributed by atoms with E-state index in [9.17, 15) is 17.6 Å². The summed E-state index contributed by atoms with van der Waals surface area (Å²) in [4.78, 5) is 18.0. The van der Waals surface area contributed by atoms with Crippen LogP contribution in [0.4, 0.5) is 4.39 Å². The first-order chi connectivity index (χ1) is 18.3. The number of halogens is 1. The van der Waals surface area contributed by atoms with Gasteiger partial charge < -0.3 is 10.1 Å². The highest BCUT2D eigenvalue weighted by Crippen LogP contribution is 2.28. The summed E-state index contributed by atoms with van der Waals surface area (Å²) in [6.45, 7) is 0. The van der Waals surface area contributed by atoms with Crippen molar-refractivity contribution in [2.75, 3.05) is 6.26 Å². The Bertz CT molecular complexity index is 1570. The summed E-state index contributed by atoms with van der Waals surface area (Å²) in [7, 11) is -3.85. The van der Waals surface area contributed by atoms with Gasteiger partial charge in [-0.2, -0.15) is 0 Å². The summed E-state index contributed by atoms with van der Waals surface area (Å²) >= 11 is 1.54. The van der Waals surface area contributed by atoms with Crippen molar-refractivity contribution in [2.24, 2.45) is 0 Å². The van der Waals surface area contributed by atoms with E-state index >= 15 is 0 Å². The maximum Gasteiger partial charge on any atom is 0.257 e. The van der Waals surface area contributed by atoms with Crippen LogP contribution >= 0.6 is 11.8 Å². The van der Waals surface area contributed by atoms with Crippen molar-refractivity contribution in [1.82, 2.24) is 25.3 Å². The van der Waals surface area contributed by atoms with E-state index in [1.807, 2.05) is 18.4 Å². The molecule has 0 unspecified atom stereocenters. The lowest BCUT2D eigenvalue weighted by Crippen LogP contribution is -2.43. The van der Waals surface area contributed by atoms with Crippen LogP contribution in [0.2, 0.25) is 0 Å². The predicted molar refractivity (Wildman–Crippen MR) is 138 cm³/mol. The van der Waals surface area contributed by atoms with Gasteiger partial charge in [-0.3, -0.25) is 4.79 Å². The predicted octanol–water partition coefficient (Wildman–Crippen LogP) is 4.29. The third kappa shape index (κ3) is 5.79. The maximum atomic E-state index is 14.0. The molecular formula is C25H24FN5O5S2. The van der Waals surface area contributed by atoms with Crippen molar-refractivity contribution in [2.45, 2.75) is 47.6 Å². The molecule has 0 saturated heterocycles. The molecule has 198 valence electrons. The molecular weight excluding hydrogens is 533 g/mol. The van der Waals surface area contributed by atoms with E-state index in [1.54, 1.807) is 36.0 Å². The molecule has 4 aromatic rings. The number of aromatic nitrogens is 3. The van der Waals surface area contributed by atoms with Gasteiger partial charge in [-0.15, -0.1) is 11.8 Å². The number of nitrogens with zero attached hydrogens (tertiary/aromatic N) is 3. The van der Waals surface area contributed by atoms with Crippen molar-refractivity contribution < 1.29 is 27.0 Å². The number of thioether (sulfide) groups is 1. The van der Waals surface area contributed by atoms with Gasteiger partial charge in [-0.05, 0) is 78.7 Å². The molecule has 0 radical (unpaired) electrons. The van der Waals surface area contributed by atoms with Gasteiger partial charge in [-0.1, -0.05) is 12.1 Å². The minimum absolute atomic E-state index is 0.000112. The number of carbonyl (C=O) groups is 1. The monoisotopic (exact) mass is 557 g/mol. The summed E-state index contributed by atoms with van der Waals surface area (Å²) in [5.41, 5.74) is 0.506. The van der Waals surface area contributed by atoms with E-state index < -0.39 is 21.7 Å².